The fraction of sp³-hybridized carbons (Fsp3) is 1.00. The largest absolute Gasteiger partial charge is 0.380 e. The standard InChI is InChI=1S/C17H34N2O/c1-3-4-14-7-8-16(12-18)17(11-14)19(2)9-10-20-13-15-5-6-15/h14-17H,3-13,18H2,1-2H3. The molecule has 3 nitrogen and oxygen atoms in total. The molecule has 2 fully saturated rings. The second kappa shape index (κ2) is 8.35. The van der Waals surface area contributed by atoms with E-state index in [2.05, 4.69) is 18.9 Å². The van der Waals surface area contributed by atoms with Gasteiger partial charge in [-0.2, -0.15) is 0 Å². The van der Waals surface area contributed by atoms with E-state index in [1.165, 1.54) is 44.9 Å². The van der Waals surface area contributed by atoms with Gasteiger partial charge < -0.3 is 15.4 Å². The zero-order chi connectivity index (χ0) is 14.4. The van der Waals surface area contributed by atoms with Gasteiger partial charge in [0.1, 0.15) is 0 Å². The average Bonchev–Trinajstić information content (AvgIpc) is 3.28. The van der Waals surface area contributed by atoms with Crippen LogP contribution >= 0.6 is 0 Å². The van der Waals surface area contributed by atoms with E-state index in [4.69, 9.17) is 10.5 Å². The lowest BCUT2D eigenvalue weighted by atomic mass is 9.76. The van der Waals surface area contributed by atoms with Gasteiger partial charge in [-0.1, -0.05) is 26.2 Å². The molecule has 0 amide bonds. The first-order valence-electron chi connectivity index (χ1n) is 8.72. The first-order valence-corrected chi connectivity index (χ1v) is 8.72. The number of likely N-dealkylation sites (N-methyl/N-ethyl adjacent to an activating group) is 1. The van der Waals surface area contributed by atoms with Crippen LogP contribution in [0.1, 0.15) is 51.9 Å². The van der Waals surface area contributed by atoms with Gasteiger partial charge in [-0.05, 0) is 57.0 Å². The summed E-state index contributed by atoms with van der Waals surface area (Å²) in [7, 11) is 2.27. The molecule has 0 spiro atoms. The fourth-order valence-corrected chi connectivity index (χ4v) is 3.69. The Morgan fingerprint density at radius 3 is 2.55 bits per heavy atom. The SMILES string of the molecule is CCCC1CCC(CN)C(N(C)CCOCC2CC2)C1. The highest BCUT2D eigenvalue weighted by atomic mass is 16.5. The van der Waals surface area contributed by atoms with Crippen molar-refractivity contribution in [2.75, 3.05) is 33.4 Å². The van der Waals surface area contributed by atoms with Crippen LogP contribution in [0.15, 0.2) is 0 Å². The Balaban J connectivity index is 1.72. The van der Waals surface area contributed by atoms with Crippen LogP contribution in [-0.4, -0.2) is 44.3 Å². The lowest BCUT2D eigenvalue weighted by Gasteiger charge is -2.41. The van der Waals surface area contributed by atoms with Crippen molar-refractivity contribution in [1.82, 2.24) is 4.90 Å². The van der Waals surface area contributed by atoms with Crippen molar-refractivity contribution in [2.24, 2.45) is 23.5 Å². The zero-order valence-corrected chi connectivity index (χ0v) is 13.5. The molecular weight excluding hydrogens is 248 g/mol. The predicted octanol–water partition coefficient (Wildman–Crippen LogP) is 2.89. The van der Waals surface area contributed by atoms with Crippen LogP contribution in [0, 0.1) is 17.8 Å². The average molecular weight is 282 g/mol. The maximum absolute atomic E-state index is 6.00. The molecular formula is C17H34N2O. The summed E-state index contributed by atoms with van der Waals surface area (Å²) in [4.78, 5) is 2.52. The lowest BCUT2D eigenvalue weighted by Crippen LogP contribution is -2.46. The smallest absolute Gasteiger partial charge is 0.0593 e. The highest BCUT2D eigenvalue weighted by molar-refractivity contribution is 4.86. The van der Waals surface area contributed by atoms with Crippen molar-refractivity contribution in [3.63, 3.8) is 0 Å². The molecule has 0 bridgehead atoms. The van der Waals surface area contributed by atoms with Gasteiger partial charge in [-0.3, -0.25) is 0 Å². The highest BCUT2D eigenvalue weighted by Gasteiger charge is 2.31. The number of nitrogens with zero attached hydrogens (tertiary/aromatic N) is 1. The molecule has 0 aromatic heterocycles. The maximum atomic E-state index is 6.00. The van der Waals surface area contributed by atoms with E-state index in [1.54, 1.807) is 0 Å². The summed E-state index contributed by atoms with van der Waals surface area (Å²) in [6.45, 7) is 6.08. The summed E-state index contributed by atoms with van der Waals surface area (Å²) in [6, 6.07) is 0.676. The van der Waals surface area contributed by atoms with E-state index in [1.807, 2.05) is 0 Å². The van der Waals surface area contributed by atoms with Gasteiger partial charge in [0, 0.05) is 19.2 Å². The molecule has 118 valence electrons. The first-order chi connectivity index (χ1) is 9.74. The quantitative estimate of drug-likeness (QED) is 0.661. The Hall–Kier alpha value is -0.120. The van der Waals surface area contributed by atoms with Crippen molar-refractivity contribution in [2.45, 2.75) is 57.9 Å². The van der Waals surface area contributed by atoms with E-state index in [0.29, 0.717) is 12.0 Å². The van der Waals surface area contributed by atoms with Gasteiger partial charge in [-0.15, -0.1) is 0 Å². The topological polar surface area (TPSA) is 38.5 Å². The van der Waals surface area contributed by atoms with E-state index >= 15 is 0 Å². The van der Waals surface area contributed by atoms with Crippen molar-refractivity contribution in [3.8, 4) is 0 Å². The Bertz CT molecular complexity index is 268. The zero-order valence-electron chi connectivity index (χ0n) is 13.5. The molecule has 2 N–H and O–H groups in total. The van der Waals surface area contributed by atoms with Crippen molar-refractivity contribution in [1.29, 1.82) is 0 Å². The number of hydrogen-bond acceptors (Lipinski definition) is 3. The summed E-state index contributed by atoms with van der Waals surface area (Å²) < 4.78 is 5.79. The van der Waals surface area contributed by atoms with Crippen molar-refractivity contribution in [3.05, 3.63) is 0 Å². The van der Waals surface area contributed by atoms with Gasteiger partial charge in [0.05, 0.1) is 6.61 Å². The molecule has 0 saturated heterocycles. The predicted molar refractivity (Wildman–Crippen MR) is 84.8 cm³/mol. The Kier molecular flexibility index (Phi) is 6.79. The van der Waals surface area contributed by atoms with Gasteiger partial charge in [0.15, 0.2) is 0 Å². The van der Waals surface area contributed by atoms with E-state index in [-0.39, 0.29) is 0 Å². The van der Waals surface area contributed by atoms with Crippen LogP contribution in [0.3, 0.4) is 0 Å². The van der Waals surface area contributed by atoms with Crippen LogP contribution in [0.2, 0.25) is 0 Å². The van der Waals surface area contributed by atoms with Gasteiger partial charge in [0.2, 0.25) is 0 Å². The molecule has 2 aliphatic rings. The fourth-order valence-electron chi connectivity index (χ4n) is 3.69. The third kappa shape index (κ3) is 5.01. The Morgan fingerprint density at radius 2 is 1.90 bits per heavy atom. The summed E-state index contributed by atoms with van der Waals surface area (Å²) in [5.41, 5.74) is 6.00. The Labute approximate surface area is 125 Å². The molecule has 0 aromatic rings. The second-order valence-corrected chi connectivity index (χ2v) is 7.03. The lowest BCUT2D eigenvalue weighted by molar-refractivity contribution is 0.0556. The minimum Gasteiger partial charge on any atom is -0.380 e. The summed E-state index contributed by atoms with van der Waals surface area (Å²) in [5.74, 6) is 2.49. The van der Waals surface area contributed by atoms with Gasteiger partial charge >= 0.3 is 0 Å². The Morgan fingerprint density at radius 1 is 1.15 bits per heavy atom. The molecule has 0 heterocycles. The molecule has 3 heteroatoms. The number of hydrogen-bond donors (Lipinski definition) is 1. The number of rotatable bonds is 9. The first kappa shape index (κ1) is 16.3. The van der Waals surface area contributed by atoms with Crippen molar-refractivity contribution >= 4 is 0 Å². The van der Waals surface area contributed by atoms with Crippen LogP contribution < -0.4 is 5.73 Å². The molecule has 2 saturated carbocycles. The van der Waals surface area contributed by atoms with Gasteiger partial charge in [-0.25, -0.2) is 0 Å². The highest BCUT2D eigenvalue weighted by Crippen LogP contribution is 2.34. The van der Waals surface area contributed by atoms with Crippen LogP contribution in [-0.2, 0) is 4.74 Å². The molecule has 2 rings (SSSR count). The molecule has 3 unspecified atom stereocenters. The van der Waals surface area contributed by atoms with E-state index in [0.717, 1.165) is 38.1 Å². The van der Waals surface area contributed by atoms with Crippen LogP contribution in [0.4, 0.5) is 0 Å². The second-order valence-electron chi connectivity index (χ2n) is 7.03. The third-order valence-electron chi connectivity index (χ3n) is 5.27. The number of nitrogens with two attached hydrogens (primary N) is 1. The minimum absolute atomic E-state index is 0.676. The van der Waals surface area contributed by atoms with Crippen LogP contribution in [0.5, 0.6) is 0 Å². The van der Waals surface area contributed by atoms with E-state index in [9.17, 15) is 0 Å². The molecule has 3 atom stereocenters. The molecule has 2 aliphatic carbocycles. The minimum atomic E-state index is 0.676. The number of ether oxygens (including phenoxy) is 1. The maximum Gasteiger partial charge on any atom is 0.0593 e. The normalized spacial score (nSPS) is 30.9. The van der Waals surface area contributed by atoms with Gasteiger partial charge in [0.25, 0.3) is 0 Å². The molecule has 0 aliphatic heterocycles. The third-order valence-corrected chi connectivity index (χ3v) is 5.27. The van der Waals surface area contributed by atoms with Crippen molar-refractivity contribution < 1.29 is 4.74 Å². The summed E-state index contributed by atoms with van der Waals surface area (Å²) in [5, 5.41) is 0. The monoisotopic (exact) mass is 282 g/mol. The summed E-state index contributed by atoms with van der Waals surface area (Å²) in [6.07, 6.45) is 9.52. The van der Waals surface area contributed by atoms with E-state index < -0.39 is 0 Å². The molecule has 0 aromatic carbocycles. The van der Waals surface area contributed by atoms with Crippen LogP contribution in [0.25, 0.3) is 0 Å². The molecule has 0 radical (unpaired) electrons. The summed E-state index contributed by atoms with van der Waals surface area (Å²) >= 11 is 0. The molecule has 20 heavy (non-hydrogen) atoms.